The minimum Gasteiger partial charge on any atom is -0.459 e. The maximum atomic E-state index is 13.3. The van der Waals surface area contributed by atoms with Crippen molar-refractivity contribution in [2.75, 3.05) is 13.2 Å². The third kappa shape index (κ3) is 3.40. The molecular formula is C28H42O8. The Morgan fingerprint density at radius 1 is 1.31 bits per heavy atom. The highest BCUT2D eigenvalue weighted by Gasteiger charge is 2.78. The van der Waals surface area contributed by atoms with Crippen LogP contribution in [0, 0.1) is 28.6 Å². The normalized spacial score (nSPS) is 46.5. The molecule has 36 heavy (non-hydrogen) atoms. The van der Waals surface area contributed by atoms with E-state index < -0.39 is 46.2 Å². The molecule has 2 aliphatic carbocycles. The SMILES string of the molecule is CCC[C@@H]1[C@@H](OC(=O)C[C@](O)(CC)C(C)C)C(=O)O[C@@H]2C[C@@H]3C(C)=CC4(CO4)C(O)[C@]3(C)C3OC[C@@]312. The quantitative estimate of drug-likeness (QED) is 0.308. The minimum atomic E-state index is -1.20. The average Bonchev–Trinajstić information content (AvgIpc) is 3.56. The number of esters is 2. The maximum Gasteiger partial charge on any atom is 0.348 e. The van der Waals surface area contributed by atoms with Gasteiger partial charge in [-0.2, -0.15) is 0 Å². The molecule has 5 aliphatic rings. The molecule has 8 nitrogen and oxygen atoms in total. The number of epoxide rings is 1. The summed E-state index contributed by atoms with van der Waals surface area (Å²) in [6.45, 7) is 12.6. The van der Waals surface area contributed by atoms with E-state index in [1.807, 2.05) is 26.8 Å². The van der Waals surface area contributed by atoms with Gasteiger partial charge in [0.25, 0.3) is 0 Å². The Balaban J connectivity index is 1.47. The molecule has 1 saturated carbocycles. The Kier molecular flexibility index (Phi) is 6.18. The van der Waals surface area contributed by atoms with Crippen molar-refractivity contribution >= 4 is 11.9 Å². The zero-order valence-electron chi connectivity index (χ0n) is 22.4. The number of hydrogen-bond acceptors (Lipinski definition) is 8. The van der Waals surface area contributed by atoms with Gasteiger partial charge in [-0.05, 0) is 44.1 Å². The first kappa shape index (κ1) is 26.1. The topological polar surface area (TPSA) is 115 Å². The number of rotatable bonds is 7. The zero-order valence-corrected chi connectivity index (χ0v) is 22.4. The lowest BCUT2D eigenvalue weighted by Gasteiger charge is -2.70. The third-order valence-electron chi connectivity index (χ3n) is 10.4. The van der Waals surface area contributed by atoms with E-state index >= 15 is 0 Å². The van der Waals surface area contributed by atoms with E-state index in [-0.39, 0.29) is 36.4 Å². The highest BCUT2D eigenvalue weighted by Crippen LogP contribution is 2.68. The second-order valence-electron chi connectivity index (χ2n) is 12.5. The molecule has 3 saturated heterocycles. The zero-order chi connectivity index (χ0) is 26.3. The molecule has 4 fully saturated rings. The molecule has 5 rings (SSSR count). The summed E-state index contributed by atoms with van der Waals surface area (Å²) in [5.41, 5.74) is -1.89. The van der Waals surface area contributed by atoms with Gasteiger partial charge in [0.2, 0.25) is 6.10 Å². The maximum absolute atomic E-state index is 13.3. The molecule has 3 unspecified atom stereocenters. The van der Waals surface area contributed by atoms with Gasteiger partial charge in [-0.3, -0.25) is 4.79 Å². The van der Waals surface area contributed by atoms with Crippen molar-refractivity contribution in [3.8, 4) is 0 Å². The van der Waals surface area contributed by atoms with Crippen molar-refractivity contribution in [2.45, 2.75) is 109 Å². The lowest BCUT2D eigenvalue weighted by molar-refractivity contribution is -0.362. The molecule has 10 atom stereocenters. The molecule has 8 heteroatoms. The van der Waals surface area contributed by atoms with Crippen molar-refractivity contribution in [2.24, 2.45) is 28.6 Å². The van der Waals surface area contributed by atoms with Gasteiger partial charge >= 0.3 is 11.9 Å². The highest BCUT2D eigenvalue weighted by molar-refractivity contribution is 5.81. The monoisotopic (exact) mass is 506 g/mol. The number of carbonyl (C=O) groups excluding carboxylic acids is 2. The van der Waals surface area contributed by atoms with Crippen LogP contribution in [0.3, 0.4) is 0 Å². The lowest BCUT2D eigenvalue weighted by atomic mass is 9.43. The molecule has 2 N–H and O–H groups in total. The summed E-state index contributed by atoms with van der Waals surface area (Å²) in [6.07, 6.45) is 1.80. The van der Waals surface area contributed by atoms with Gasteiger partial charge in [0.15, 0.2) is 0 Å². The van der Waals surface area contributed by atoms with Crippen LogP contribution in [0.5, 0.6) is 0 Å². The van der Waals surface area contributed by atoms with Crippen LogP contribution in [0.15, 0.2) is 11.6 Å². The fraction of sp³-hybridized carbons (Fsp3) is 0.857. The van der Waals surface area contributed by atoms with Gasteiger partial charge < -0.3 is 29.2 Å². The van der Waals surface area contributed by atoms with Crippen LogP contribution in [-0.2, 0) is 28.5 Å². The number of hydrogen-bond donors (Lipinski definition) is 2. The van der Waals surface area contributed by atoms with E-state index in [9.17, 15) is 19.8 Å². The smallest absolute Gasteiger partial charge is 0.348 e. The predicted octanol–water partition coefficient (Wildman–Crippen LogP) is 2.93. The van der Waals surface area contributed by atoms with E-state index in [0.717, 1.165) is 12.0 Å². The first-order valence-electron chi connectivity index (χ1n) is 13.6. The van der Waals surface area contributed by atoms with Crippen molar-refractivity contribution in [3.63, 3.8) is 0 Å². The van der Waals surface area contributed by atoms with Crippen LogP contribution in [0.2, 0.25) is 0 Å². The van der Waals surface area contributed by atoms with E-state index in [1.54, 1.807) is 0 Å². The van der Waals surface area contributed by atoms with Crippen LogP contribution < -0.4 is 0 Å². The van der Waals surface area contributed by atoms with Crippen LogP contribution >= 0.6 is 0 Å². The van der Waals surface area contributed by atoms with E-state index in [2.05, 4.69) is 20.8 Å². The Hall–Kier alpha value is -1.48. The number of aliphatic hydroxyl groups is 2. The van der Waals surface area contributed by atoms with Gasteiger partial charge in [0.05, 0.1) is 42.9 Å². The molecule has 2 spiro atoms. The molecule has 0 aromatic rings. The molecule has 0 amide bonds. The molecule has 0 radical (unpaired) electrons. The second kappa shape index (κ2) is 8.52. The van der Waals surface area contributed by atoms with Crippen LogP contribution in [0.1, 0.15) is 73.6 Å². The Labute approximate surface area is 213 Å². The number of aliphatic hydroxyl groups excluding tert-OH is 1. The van der Waals surface area contributed by atoms with Crippen LogP contribution in [-0.4, -0.2) is 71.0 Å². The van der Waals surface area contributed by atoms with Crippen molar-refractivity contribution < 1.29 is 38.7 Å². The van der Waals surface area contributed by atoms with Crippen molar-refractivity contribution in [3.05, 3.63) is 11.6 Å². The summed E-state index contributed by atoms with van der Waals surface area (Å²) in [7, 11) is 0. The summed E-state index contributed by atoms with van der Waals surface area (Å²) in [5.74, 6) is -1.55. The van der Waals surface area contributed by atoms with E-state index in [4.69, 9.17) is 18.9 Å². The molecule has 0 bridgehead atoms. The largest absolute Gasteiger partial charge is 0.459 e. The first-order valence-corrected chi connectivity index (χ1v) is 13.6. The Morgan fingerprint density at radius 2 is 2.00 bits per heavy atom. The third-order valence-corrected chi connectivity index (χ3v) is 10.4. The summed E-state index contributed by atoms with van der Waals surface area (Å²) < 4.78 is 24.0. The molecule has 0 aromatic heterocycles. The predicted molar refractivity (Wildman–Crippen MR) is 130 cm³/mol. The standard InChI is InChI=1S/C28H42O8/c1-7-9-17-21(36-20(29)12-26(32,8-2)15(3)4)22(30)35-19-10-18-16(5)11-27(13-34-27)23(31)25(18,6)24-28(17,19)14-33-24/h11,15,17-19,21,23-24,31-32H,7-10,12-14H2,1-6H3/t17-,18-,19-,21-,23?,24?,25-,26-,27?,28-/m1/s1. The second-order valence-corrected chi connectivity index (χ2v) is 12.5. The van der Waals surface area contributed by atoms with E-state index in [0.29, 0.717) is 32.5 Å². The summed E-state index contributed by atoms with van der Waals surface area (Å²) in [6, 6.07) is 0. The van der Waals surface area contributed by atoms with Crippen LogP contribution in [0.4, 0.5) is 0 Å². The van der Waals surface area contributed by atoms with Crippen molar-refractivity contribution in [1.29, 1.82) is 0 Å². The first-order chi connectivity index (χ1) is 16.9. The van der Waals surface area contributed by atoms with Gasteiger partial charge in [0.1, 0.15) is 11.7 Å². The highest BCUT2D eigenvalue weighted by atomic mass is 16.6. The van der Waals surface area contributed by atoms with Gasteiger partial charge in [0, 0.05) is 11.3 Å². The molecule has 202 valence electrons. The summed E-state index contributed by atoms with van der Waals surface area (Å²) in [4.78, 5) is 26.4. The minimum absolute atomic E-state index is 0.00877. The number of allylic oxidation sites excluding steroid dienone is 1. The molecule has 3 heterocycles. The fourth-order valence-corrected chi connectivity index (χ4v) is 8.06. The lowest BCUT2D eigenvalue weighted by Crippen LogP contribution is -2.79. The molecule has 3 aliphatic heterocycles. The number of ether oxygens (including phenoxy) is 4. The summed E-state index contributed by atoms with van der Waals surface area (Å²) in [5, 5.41) is 22.5. The van der Waals surface area contributed by atoms with Crippen LogP contribution in [0.25, 0.3) is 0 Å². The van der Waals surface area contributed by atoms with E-state index in [1.165, 1.54) is 0 Å². The summed E-state index contributed by atoms with van der Waals surface area (Å²) >= 11 is 0. The molecule has 0 aromatic carbocycles. The van der Waals surface area contributed by atoms with Gasteiger partial charge in [-0.25, -0.2) is 4.79 Å². The molecular weight excluding hydrogens is 464 g/mol. The number of fused-ring (bicyclic) bond motifs is 2. The van der Waals surface area contributed by atoms with Gasteiger partial charge in [-0.1, -0.05) is 46.6 Å². The van der Waals surface area contributed by atoms with Crippen molar-refractivity contribution in [1.82, 2.24) is 0 Å². The fourth-order valence-electron chi connectivity index (χ4n) is 8.06. The average molecular weight is 507 g/mol. The Bertz CT molecular complexity index is 955. The number of carbonyl (C=O) groups is 2. The van der Waals surface area contributed by atoms with Gasteiger partial charge in [-0.15, -0.1) is 0 Å². The Morgan fingerprint density at radius 3 is 2.53 bits per heavy atom.